The summed E-state index contributed by atoms with van der Waals surface area (Å²) in [6, 6.07) is 15.5. The van der Waals surface area contributed by atoms with Gasteiger partial charge in [-0.15, -0.1) is 0 Å². The highest BCUT2D eigenvalue weighted by atomic mass is 16.5. The van der Waals surface area contributed by atoms with Gasteiger partial charge in [-0.2, -0.15) is 0 Å². The average molecular weight is 517 g/mol. The van der Waals surface area contributed by atoms with Gasteiger partial charge >= 0.3 is 5.97 Å². The Hall–Kier alpha value is -3.21. The smallest absolute Gasteiger partial charge is 0.311 e. The van der Waals surface area contributed by atoms with Gasteiger partial charge in [-0.1, -0.05) is 84.3 Å². The Labute approximate surface area is 229 Å². The van der Waals surface area contributed by atoms with Crippen LogP contribution in [-0.2, 0) is 4.79 Å². The second kappa shape index (κ2) is 16.6. The van der Waals surface area contributed by atoms with Crippen LogP contribution in [0.25, 0.3) is 22.5 Å². The van der Waals surface area contributed by atoms with Crippen molar-refractivity contribution in [2.45, 2.75) is 91.4 Å². The topological polar surface area (TPSA) is 61.3 Å². The van der Waals surface area contributed by atoms with Crippen molar-refractivity contribution in [2.75, 3.05) is 6.61 Å². The van der Waals surface area contributed by atoms with E-state index in [1.807, 2.05) is 60.9 Å². The molecule has 3 rings (SSSR count). The minimum Gasteiger partial charge on any atom is -0.494 e. The third-order valence-electron chi connectivity index (χ3n) is 6.98. The largest absolute Gasteiger partial charge is 0.494 e. The van der Waals surface area contributed by atoms with Crippen LogP contribution >= 0.6 is 0 Å². The first-order valence-corrected chi connectivity index (χ1v) is 14.5. The first-order chi connectivity index (χ1) is 18.6. The SMILES string of the molecule is CCCCCCCCCOc1ccc(-c2ncc(-c3ccc(OC(=O)CCCC(C)CC)cc3)cn2)cc1. The maximum Gasteiger partial charge on any atom is 0.311 e. The molecule has 0 radical (unpaired) electrons. The predicted octanol–water partition coefficient (Wildman–Crippen LogP) is 9.06. The summed E-state index contributed by atoms with van der Waals surface area (Å²) >= 11 is 0. The molecule has 1 unspecified atom stereocenters. The molecule has 2 aromatic carbocycles. The molecule has 0 aliphatic rings. The number of ether oxygens (including phenoxy) is 2. The fourth-order valence-electron chi connectivity index (χ4n) is 4.27. The lowest BCUT2D eigenvalue weighted by molar-refractivity contribution is -0.134. The van der Waals surface area contributed by atoms with Gasteiger partial charge in [-0.25, -0.2) is 9.97 Å². The fourth-order valence-corrected chi connectivity index (χ4v) is 4.27. The van der Waals surface area contributed by atoms with Crippen LogP contribution in [0.3, 0.4) is 0 Å². The zero-order valence-corrected chi connectivity index (χ0v) is 23.5. The number of hydrogen-bond donors (Lipinski definition) is 0. The van der Waals surface area contributed by atoms with Crippen LogP contribution in [-0.4, -0.2) is 22.5 Å². The highest BCUT2D eigenvalue weighted by Gasteiger charge is 2.08. The van der Waals surface area contributed by atoms with Crippen LogP contribution in [0.5, 0.6) is 11.5 Å². The zero-order valence-electron chi connectivity index (χ0n) is 23.5. The Morgan fingerprint density at radius 2 is 1.34 bits per heavy atom. The van der Waals surface area contributed by atoms with E-state index in [1.165, 1.54) is 38.5 Å². The number of carbonyl (C=O) groups is 1. The molecule has 3 aromatic rings. The van der Waals surface area contributed by atoms with Crippen molar-refractivity contribution in [2.24, 2.45) is 5.92 Å². The third kappa shape index (κ3) is 10.3. The van der Waals surface area contributed by atoms with Gasteiger partial charge in [-0.3, -0.25) is 4.79 Å². The molecule has 0 aliphatic heterocycles. The molecule has 1 heterocycles. The second-order valence-electron chi connectivity index (χ2n) is 10.2. The molecule has 1 atom stereocenters. The summed E-state index contributed by atoms with van der Waals surface area (Å²) in [5.74, 6) is 2.59. The van der Waals surface area contributed by atoms with E-state index in [-0.39, 0.29) is 5.97 Å². The molecule has 0 spiro atoms. The van der Waals surface area contributed by atoms with Crippen molar-refractivity contribution in [1.29, 1.82) is 0 Å². The summed E-state index contributed by atoms with van der Waals surface area (Å²) < 4.78 is 11.4. The third-order valence-corrected chi connectivity index (χ3v) is 6.98. The molecule has 5 nitrogen and oxygen atoms in total. The van der Waals surface area contributed by atoms with Crippen LogP contribution in [0, 0.1) is 5.92 Å². The number of unbranched alkanes of at least 4 members (excludes halogenated alkanes) is 6. The molecule has 0 fully saturated rings. The summed E-state index contributed by atoms with van der Waals surface area (Å²) in [5.41, 5.74) is 2.84. The maximum atomic E-state index is 12.1. The summed E-state index contributed by atoms with van der Waals surface area (Å²) in [6.07, 6.45) is 16.1. The number of hydrogen-bond acceptors (Lipinski definition) is 5. The lowest BCUT2D eigenvalue weighted by Gasteiger charge is -2.09. The molecule has 204 valence electrons. The molecule has 0 N–H and O–H groups in total. The molecule has 38 heavy (non-hydrogen) atoms. The van der Waals surface area contributed by atoms with Gasteiger partial charge in [0.2, 0.25) is 0 Å². The van der Waals surface area contributed by atoms with E-state index in [0.717, 1.165) is 54.7 Å². The van der Waals surface area contributed by atoms with Crippen LogP contribution in [0.1, 0.15) is 91.4 Å². The number of aromatic nitrogens is 2. The normalized spacial score (nSPS) is 11.8. The Morgan fingerprint density at radius 3 is 2.00 bits per heavy atom. The van der Waals surface area contributed by atoms with E-state index >= 15 is 0 Å². The fraction of sp³-hybridized carbons (Fsp3) is 0.485. The monoisotopic (exact) mass is 516 g/mol. The molecule has 0 amide bonds. The number of carbonyl (C=O) groups excluding carboxylic acids is 1. The van der Waals surface area contributed by atoms with Crippen LogP contribution in [0.15, 0.2) is 60.9 Å². The Morgan fingerprint density at radius 1 is 0.737 bits per heavy atom. The summed E-state index contributed by atoms with van der Waals surface area (Å²) in [5, 5.41) is 0. The quantitative estimate of drug-likeness (QED) is 0.102. The molecule has 0 saturated heterocycles. The number of nitrogens with zero attached hydrogens (tertiary/aromatic N) is 2. The molecule has 1 aromatic heterocycles. The van der Waals surface area contributed by atoms with Gasteiger partial charge in [0.05, 0.1) is 6.61 Å². The predicted molar refractivity (Wildman–Crippen MR) is 155 cm³/mol. The molecule has 0 saturated carbocycles. The lowest BCUT2D eigenvalue weighted by Crippen LogP contribution is -2.08. The molecular weight excluding hydrogens is 472 g/mol. The van der Waals surface area contributed by atoms with Crippen molar-refractivity contribution in [1.82, 2.24) is 9.97 Å². The highest BCUT2D eigenvalue weighted by Crippen LogP contribution is 2.24. The van der Waals surface area contributed by atoms with Gasteiger partial charge in [0, 0.05) is 29.9 Å². The minimum atomic E-state index is -0.178. The number of esters is 1. The van der Waals surface area contributed by atoms with E-state index in [0.29, 0.717) is 23.9 Å². The lowest BCUT2D eigenvalue weighted by atomic mass is 10.0. The number of rotatable bonds is 17. The first kappa shape index (κ1) is 29.3. The van der Waals surface area contributed by atoms with Crippen molar-refractivity contribution < 1.29 is 14.3 Å². The summed E-state index contributed by atoms with van der Waals surface area (Å²) in [6.45, 7) is 7.40. The van der Waals surface area contributed by atoms with Crippen LogP contribution in [0.2, 0.25) is 0 Å². The summed E-state index contributed by atoms with van der Waals surface area (Å²) in [7, 11) is 0. The van der Waals surface area contributed by atoms with E-state index in [2.05, 4.69) is 30.7 Å². The van der Waals surface area contributed by atoms with Crippen LogP contribution < -0.4 is 9.47 Å². The molecular formula is C33H44N2O3. The van der Waals surface area contributed by atoms with Crippen LogP contribution in [0.4, 0.5) is 0 Å². The maximum absolute atomic E-state index is 12.1. The molecule has 5 heteroatoms. The highest BCUT2D eigenvalue weighted by molar-refractivity contribution is 5.73. The van der Waals surface area contributed by atoms with E-state index < -0.39 is 0 Å². The van der Waals surface area contributed by atoms with E-state index in [9.17, 15) is 4.79 Å². The van der Waals surface area contributed by atoms with E-state index in [4.69, 9.17) is 9.47 Å². The first-order valence-electron chi connectivity index (χ1n) is 14.5. The Balaban J connectivity index is 1.44. The average Bonchev–Trinajstić information content (AvgIpc) is 2.95. The molecule has 0 bridgehead atoms. The standard InChI is InChI=1S/C33H44N2O3/c1-4-6-7-8-9-10-11-23-37-30-19-17-28(18-20-30)33-34-24-29(25-35-33)27-15-21-31(22-16-27)38-32(36)14-12-13-26(3)5-2/h15-22,24-26H,4-14,23H2,1-3H3. The van der Waals surface area contributed by atoms with Crippen molar-refractivity contribution in [3.63, 3.8) is 0 Å². The second-order valence-corrected chi connectivity index (χ2v) is 10.2. The Bertz CT molecular complexity index is 1060. The van der Waals surface area contributed by atoms with Gasteiger partial charge in [-0.05, 0) is 60.7 Å². The van der Waals surface area contributed by atoms with Crippen molar-refractivity contribution in [3.05, 3.63) is 60.9 Å². The van der Waals surface area contributed by atoms with Gasteiger partial charge < -0.3 is 9.47 Å². The van der Waals surface area contributed by atoms with Crippen molar-refractivity contribution >= 4 is 5.97 Å². The van der Waals surface area contributed by atoms with Gasteiger partial charge in [0.1, 0.15) is 11.5 Å². The van der Waals surface area contributed by atoms with Gasteiger partial charge in [0.25, 0.3) is 0 Å². The number of benzene rings is 2. The Kier molecular flexibility index (Phi) is 12.8. The molecule has 0 aliphatic carbocycles. The van der Waals surface area contributed by atoms with Gasteiger partial charge in [0.15, 0.2) is 5.82 Å². The van der Waals surface area contributed by atoms with E-state index in [1.54, 1.807) is 0 Å². The zero-order chi connectivity index (χ0) is 27.0. The summed E-state index contributed by atoms with van der Waals surface area (Å²) in [4.78, 5) is 21.2. The minimum absolute atomic E-state index is 0.178. The van der Waals surface area contributed by atoms with Crippen molar-refractivity contribution in [3.8, 4) is 34.0 Å².